The van der Waals surface area contributed by atoms with Gasteiger partial charge in [-0.3, -0.25) is 0 Å². The molecule has 0 aliphatic heterocycles. The lowest BCUT2D eigenvalue weighted by atomic mass is 10.1. The zero-order valence-electron chi connectivity index (χ0n) is 8.79. The lowest BCUT2D eigenvalue weighted by Crippen LogP contribution is -2.02. The molecular formula is C13H16N2. The molecule has 1 heterocycles. The fourth-order valence-electron chi connectivity index (χ4n) is 2.23. The number of hydrogen-bond acceptors (Lipinski definition) is 1. The number of nitrogens with one attached hydrogen (secondary N) is 1. The first-order valence-corrected chi connectivity index (χ1v) is 5.69. The lowest BCUT2D eigenvalue weighted by molar-refractivity contribution is 0.977. The van der Waals surface area contributed by atoms with E-state index >= 15 is 0 Å². The highest BCUT2D eigenvalue weighted by Crippen LogP contribution is 2.40. The summed E-state index contributed by atoms with van der Waals surface area (Å²) in [7, 11) is 0. The molecule has 1 aliphatic rings. The maximum atomic E-state index is 5.62. The Morgan fingerprint density at radius 2 is 2.20 bits per heavy atom. The van der Waals surface area contributed by atoms with Crippen molar-refractivity contribution in [2.45, 2.75) is 25.2 Å². The van der Waals surface area contributed by atoms with Crippen LogP contribution in [0.5, 0.6) is 0 Å². The van der Waals surface area contributed by atoms with Crippen molar-refractivity contribution < 1.29 is 0 Å². The summed E-state index contributed by atoms with van der Waals surface area (Å²) >= 11 is 0. The van der Waals surface area contributed by atoms with Gasteiger partial charge in [0.1, 0.15) is 0 Å². The first-order chi connectivity index (χ1) is 7.38. The smallest absolute Gasteiger partial charge is 0.0458 e. The van der Waals surface area contributed by atoms with E-state index in [4.69, 9.17) is 5.73 Å². The van der Waals surface area contributed by atoms with E-state index in [1.165, 1.54) is 35.0 Å². The van der Waals surface area contributed by atoms with E-state index in [0.717, 1.165) is 18.9 Å². The van der Waals surface area contributed by atoms with Crippen molar-refractivity contribution in [3.05, 3.63) is 35.5 Å². The normalized spacial score (nSPS) is 16.1. The number of hydrogen-bond donors (Lipinski definition) is 2. The summed E-state index contributed by atoms with van der Waals surface area (Å²) < 4.78 is 0. The molecule has 0 atom stereocenters. The van der Waals surface area contributed by atoms with E-state index in [1.54, 1.807) is 0 Å². The fourth-order valence-corrected chi connectivity index (χ4v) is 2.23. The molecule has 0 amide bonds. The molecule has 2 nitrogen and oxygen atoms in total. The Labute approximate surface area is 89.5 Å². The standard InChI is InChI=1S/C13H16N2/c14-7-6-9-2-1-3-12-11(9)8-13(15-12)10-4-5-10/h1-3,8,10,15H,4-7,14H2. The van der Waals surface area contributed by atoms with Crippen LogP contribution in [-0.2, 0) is 6.42 Å². The third kappa shape index (κ3) is 1.55. The molecule has 1 aromatic carbocycles. The average Bonchev–Trinajstić information content (AvgIpc) is 2.99. The minimum atomic E-state index is 0.725. The molecule has 0 unspecified atom stereocenters. The SMILES string of the molecule is NCCc1cccc2[nH]c(C3CC3)cc12. The molecule has 1 saturated carbocycles. The van der Waals surface area contributed by atoms with Gasteiger partial charge in [-0.2, -0.15) is 0 Å². The fraction of sp³-hybridized carbons (Fsp3) is 0.385. The Morgan fingerprint density at radius 3 is 2.93 bits per heavy atom. The molecule has 0 spiro atoms. The monoisotopic (exact) mass is 200 g/mol. The molecular weight excluding hydrogens is 184 g/mol. The number of aromatic amines is 1. The van der Waals surface area contributed by atoms with Crippen LogP contribution in [0.1, 0.15) is 30.0 Å². The van der Waals surface area contributed by atoms with Crippen molar-refractivity contribution in [1.29, 1.82) is 0 Å². The molecule has 0 bridgehead atoms. The van der Waals surface area contributed by atoms with Crippen LogP contribution in [-0.4, -0.2) is 11.5 Å². The van der Waals surface area contributed by atoms with Crippen LogP contribution in [0.3, 0.4) is 0 Å². The molecule has 15 heavy (non-hydrogen) atoms. The third-order valence-electron chi connectivity index (χ3n) is 3.21. The van der Waals surface area contributed by atoms with Crippen molar-refractivity contribution in [3.8, 4) is 0 Å². The maximum absolute atomic E-state index is 5.62. The second kappa shape index (κ2) is 3.38. The minimum absolute atomic E-state index is 0.725. The minimum Gasteiger partial charge on any atom is -0.358 e. The zero-order chi connectivity index (χ0) is 10.3. The molecule has 2 aromatic rings. The Kier molecular flexibility index (Phi) is 2.03. The quantitative estimate of drug-likeness (QED) is 0.785. The van der Waals surface area contributed by atoms with Gasteiger partial charge in [0.15, 0.2) is 0 Å². The largest absolute Gasteiger partial charge is 0.358 e. The molecule has 0 saturated heterocycles. The summed E-state index contributed by atoms with van der Waals surface area (Å²) in [6, 6.07) is 8.76. The molecule has 1 fully saturated rings. The third-order valence-corrected chi connectivity index (χ3v) is 3.21. The molecule has 3 N–H and O–H groups in total. The number of fused-ring (bicyclic) bond motifs is 1. The van der Waals surface area contributed by atoms with E-state index < -0.39 is 0 Å². The van der Waals surface area contributed by atoms with Gasteiger partial charge >= 0.3 is 0 Å². The lowest BCUT2D eigenvalue weighted by Gasteiger charge is -1.99. The van der Waals surface area contributed by atoms with Crippen molar-refractivity contribution >= 4 is 10.9 Å². The summed E-state index contributed by atoms with van der Waals surface area (Å²) in [5, 5.41) is 1.37. The first-order valence-electron chi connectivity index (χ1n) is 5.69. The average molecular weight is 200 g/mol. The Balaban J connectivity index is 2.11. The Hall–Kier alpha value is -1.28. The number of aromatic nitrogens is 1. The van der Waals surface area contributed by atoms with Gasteiger partial charge in [0.05, 0.1) is 0 Å². The number of benzene rings is 1. The van der Waals surface area contributed by atoms with E-state index in [-0.39, 0.29) is 0 Å². The summed E-state index contributed by atoms with van der Waals surface area (Å²) in [5.41, 5.74) is 9.67. The van der Waals surface area contributed by atoms with Crippen LogP contribution in [0.4, 0.5) is 0 Å². The van der Waals surface area contributed by atoms with E-state index in [2.05, 4.69) is 29.2 Å². The Bertz CT molecular complexity index is 480. The van der Waals surface area contributed by atoms with Crippen molar-refractivity contribution in [1.82, 2.24) is 4.98 Å². The van der Waals surface area contributed by atoms with Gasteiger partial charge in [-0.15, -0.1) is 0 Å². The topological polar surface area (TPSA) is 41.8 Å². The van der Waals surface area contributed by atoms with Gasteiger partial charge in [-0.25, -0.2) is 0 Å². The summed E-state index contributed by atoms with van der Waals surface area (Å²) in [6.45, 7) is 0.725. The second-order valence-electron chi connectivity index (χ2n) is 4.42. The van der Waals surface area contributed by atoms with Gasteiger partial charge in [0.2, 0.25) is 0 Å². The van der Waals surface area contributed by atoms with Crippen LogP contribution >= 0.6 is 0 Å². The number of H-pyrrole nitrogens is 1. The number of nitrogens with two attached hydrogens (primary N) is 1. The van der Waals surface area contributed by atoms with Gasteiger partial charge in [0, 0.05) is 16.6 Å². The molecule has 1 aliphatic carbocycles. The summed E-state index contributed by atoms with van der Waals surface area (Å²) in [4.78, 5) is 3.52. The zero-order valence-corrected chi connectivity index (χ0v) is 8.79. The molecule has 1 aromatic heterocycles. The first kappa shape index (κ1) is 8.98. The summed E-state index contributed by atoms with van der Waals surface area (Å²) in [6.07, 6.45) is 3.66. The Morgan fingerprint density at radius 1 is 1.33 bits per heavy atom. The second-order valence-corrected chi connectivity index (χ2v) is 4.42. The highest BCUT2D eigenvalue weighted by molar-refractivity contribution is 5.84. The summed E-state index contributed by atoms with van der Waals surface area (Å²) in [5.74, 6) is 0.795. The molecule has 2 heteroatoms. The van der Waals surface area contributed by atoms with Crippen molar-refractivity contribution in [2.24, 2.45) is 5.73 Å². The van der Waals surface area contributed by atoms with E-state index in [0.29, 0.717) is 0 Å². The van der Waals surface area contributed by atoms with Crippen LogP contribution in [0, 0.1) is 0 Å². The molecule has 0 radical (unpaired) electrons. The van der Waals surface area contributed by atoms with Gasteiger partial charge in [-0.1, -0.05) is 12.1 Å². The van der Waals surface area contributed by atoms with Crippen LogP contribution in [0.2, 0.25) is 0 Å². The molecule has 3 rings (SSSR count). The van der Waals surface area contributed by atoms with Gasteiger partial charge < -0.3 is 10.7 Å². The van der Waals surface area contributed by atoms with Gasteiger partial charge in [-0.05, 0) is 49.4 Å². The number of rotatable bonds is 3. The predicted molar refractivity (Wildman–Crippen MR) is 63.0 cm³/mol. The van der Waals surface area contributed by atoms with Crippen LogP contribution in [0.15, 0.2) is 24.3 Å². The predicted octanol–water partition coefficient (Wildman–Crippen LogP) is 2.55. The van der Waals surface area contributed by atoms with Crippen LogP contribution in [0.25, 0.3) is 10.9 Å². The highest BCUT2D eigenvalue weighted by atomic mass is 14.7. The van der Waals surface area contributed by atoms with E-state index in [9.17, 15) is 0 Å². The van der Waals surface area contributed by atoms with Crippen molar-refractivity contribution in [2.75, 3.05) is 6.54 Å². The van der Waals surface area contributed by atoms with Crippen molar-refractivity contribution in [3.63, 3.8) is 0 Å². The molecule has 78 valence electrons. The van der Waals surface area contributed by atoms with Crippen LogP contribution < -0.4 is 5.73 Å². The van der Waals surface area contributed by atoms with E-state index in [1.807, 2.05) is 0 Å². The van der Waals surface area contributed by atoms with Gasteiger partial charge in [0.25, 0.3) is 0 Å². The maximum Gasteiger partial charge on any atom is 0.0458 e. The highest BCUT2D eigenvalue weighted by Gasteiger charge is 2.25.